The molecule has 1 aromatic carbocycles. The Morgan fingerprint density at radius 2 is 1.60 bits per heavy atom. The van der Waals surface area contributed by atoms with Gasteiger partial charge in [-0.25, -0.2) is 0 Å². The Morgan fingerprint density at radius 3 is 1.90 bits per heavy atom. The maximum atomic E-state index is 3.13. The van der Waals surface area contributed by atoms with Crippen LogP contribution in [0.2, 0.25) is 0 Å². The third kappa shape index (κ3) is 2.68. The number of benzene rings is 1. The average Bonchev–Trinajstić information content (AvgIpc) is 1.88. The average molecular weight is 345 g/mol. The molecule has 0 spiro atoms. The predicted octanol–water partition coefficient (Wildman–Crippen LogP) is 0.580. The zero-order chi connectivity index (χ0) is 7.61. The van der Waals surface area contributed by atoms with Crippen LogP contribution in [0.25, 0.3) is 0 Å². The number of hydrogen-bond donors (Lipinski definition) is 0. The molecule has 0 saturated heterocycles. The first-order valence-corrected chi connectivity index (χ1v) is 11.1. The van der Waals surface area contributed by atoms with E-state index in [2.05, 4.69) is 71.0 Å². The van der Waals surface area contributed by atoms with Gasteiger partial charge in [-0.3, -0.25) is 0 Å². The van der Waals surface area contributed by atoms with Crippen LogP contribution in [0.3, 0.4) is 0 Å². The van der Waals surface area contributed by atoms with Crippen LogP contribution in [-0.4, -0.2) is 46.7 Å². The maximum absolute atomic E-state index is 3.13. The van der Waals surface area contributed by atoms with Gasteiger partial charge >= 0.3 is 85.7 Å². The van der Waals surface area contributed by atoms with E-state index >= 15 is 0 Å². The molecular weight excluding hydrogens is 340 g/mol. The Bertz CT molecular complexity index is 204. The van der Waals surface area contributed by atoms with Crippen LogP contribution in [0.4, 0.5) is 0 Å². The van der Waals surface area contributed by atoms with Crippen molar-refractivity contribution in [2.24, 2.45) is 0 Å². The summed E-state index contributed by atoms with van der Waals surface area (Å²) in [6, 6.07) is 10.4. The first kappa shape index (κ1) is 9.30. The van der Waals surface area contributed by atoms with Gasteiger partial charge in [-0.05, 0) is 0 Å². The van der Waals surface area contributed by atoms with Gasteiger partial charge < -0.3 is 0 Å². The molecule has 2 radical (unpaired) electrons. The van der Waals surface area contributed by atoms with Crippen molar-refractivity contribution in [3.05, 3.63) is 30.3 Å². The molecule has 0 aliphatic heterocycles. The molecule has 10 heavy (non-hydrogen) atoms. The van der Waals surface area contributed by atoms with E-state index in [1.807, 2.05) is 6.07 Å². The van der Waals surface area contributed by atoms with Crippen LogP contribution in [-0.2, 0) is 0 Å². The molecule has 0 atom stereocenters. The zero-order valence-corrected chi connectivity index (χ0v) is 11.1. The molecule has 0 unspecified atom stereocenters. The van der Waals surface area contributed by atoms with E-state index < -0.39 is 3.33 Å². The number of rotatable bonds is 1. The summed E-state index contributed by atoms with van der Waals surface area (Å²) in [5.74, 6) is 0. The van der Waals surface area contributed by atoms with Gasteiger partial charge in [0.25, 0.3) is 0 Å². The molecule has 0 aromatic heterocycles. The summed E-state index contributed by atoms with van der Waals surface area (Å²) in [5, 5.41) is 1.34. The van der Waals surface area contributed by atoms with Gasteiger partial charge in [0.1, 0.15) is 0 Å². The van der Waals surface area contributed by atoms with Crippen LogP contribution in [0, 0.1) is 0 Å². The molecule has 0 saturated carbocycles. The van der Waals surface area contributed by atoms with Gasteiger partial charge in [-0.2, -0.15) is 0 Å². The quantitative estimate of drug-likeness (QED) is 0.516. The Hall–Kier alpha value is 1.21. The van der Waals surface area contributed by atoms with E-state index in [9.17, 15) is 0 Å². The van der Waals surface area contributed by atoms with Gasteiger partial charge in [0.15, 0.2) is 0 Å². The second kappa shape index (κ2) is 3.74. The van der Waals surface area contributed by atoms with Gasteiger partial charge in [0, 0.05) is 0 Å². The normalized spacial score (nSPS) is 11.5. The predicted molar refractivity (Wildman–Crippen MR) is 50.3 cm³/mol. The SMILES string of the molecule is [Se][P+]([Se])([Se-])c1ccccc1. The molecule has 1 rings (SSSR count). The van der Waals surface area contributed by atoms with E-state index in [4.69, 9.17) is 0 Å². The minimum atomic E-state index is -1.14. The van der Waals surface area contributed by atoms with E-state index in [0.29, 0.717) is 0 Å². The van der Waals surface area contributed by atoms with Crippen LogP contribution >= 0.6 is 3.33 Å². The fourth-order valence-electron chi connectivity index (χ4n) is 0.611. The molecule has 0 fully saturated rings. The Morgan fingerprint density at radius 1 is 1.10 bits per heavy atom. The third-order valence-corrected chi connectivity index (χ3v) is 5.98. The van der Waals surface area contributed by atoms with E-state index in [1.54, 1.807) is 0 Å². The zero-order valence-electron chi connectivity index (χ0n) is 5.06. The molecule has 52 valence electrons. The van der Waals surface area contributed by atoms with E-state index in [0.717, 1.165) is 0 Å². The molecule has 0 N–H and O–H groups in total. The molecule has 0 aliphatic carbocycles. The van der Waals surface area contributed by atoms with Crippen molar-refractivity contribution >= 4 is 55.3 Å². The standard InChI is InChI=1S/C6H5PSe3/c8-7(9,10)6-4-2-1-3-5-6/h1-5H. The monoisotopic (exact) mass is 348 g/mol. The van der Waals surface area contributed by atoms with Crippen LogP contribution in [0.1, 0.15) is 0 Å². The second-order valence-electron chi connectivity index (χ2n) is 1.83. The first-order chi connectivity index (χ1) is 4.61. The van der Waals surface area contributed by atoms with E-state index in [1.165, 1.54) is 5.30 Å². The van der Waals surface area contributed by atoms with Crippen LogP contribution in [0.15, 0.2) is 30.3 Å². The summed E-state index contributed by atoms with van der Waals surface area (Å²) in [7, 11) is 0. The third-order valence-electron chi connectivity index (χ3n) is 1.07. The minimum absolute atomic E-state index is 1.14. The fourth-order valence-corrected chi connectivity index (χ4v) is 3.45. The number of hydrogen-bond acceptors (Lipinski definition) is 0. The summed E-state index contributed by atoms with van der Waals surface area (Å²) in [5.41, 5.74) is 0. The van der Waals surface area contributed by atoms with Crippen molar-refractivity contribution in [3.8, 4) is 0 Å². The van der Waals surface area contributed by atoms with Gasteiger partial charge in [-0.15, -0.1) is 0 Å². The molecular formula is C6H5PSe3. The fraction of sp³-hybridized carbons (Fsp3) is 0. The molecule has 1 aromatic rings. The molecule has 0 bridgehead atoms. The molecule has 0 amide bonds. The Kier molecular flexibility index (Phi) is 3.48. The van der Waals surface area contributed by atoms with Crippen molar-refractivity contribution in [2.45, 2.75) is 0 Å². The van der Waals surface area contributed by atoms with Gasteiger partial charge in [0.2, 0.25) is 0 Å². The first-order valence-electron chi connectivity index (χ1n) is 2.68. The van der Waals surface area contributed by atoms with E-state index in [-0.39, 0.29) is 0 Å². The Labute approximate surface area is 85.1 Å². The second-order valence-corrected chi connectivity index (χ2v) is 24.2. The van der Waals surface area contributed by atoms with Crippen molar-refractivity contribution < 1.29 is 0 Å². The topological polar surface area (TPSA) is 0 Å². The molecule has 0 nitrogen and oxygen atoms in total. The molecule has 0 heterocycles. The van der Waals surface area contributed by atoms with Gasteiger partial charge in [0.05, 0.1) is 0 Å². The summed E-state index contributed by atoms with van der Waals surface area (Å²) in [4.78, 5) is 0. The van der Waals surface area contributed by atoms with Crippen molar-refractivity contribution in [1.29, 1.82) is 0 Å². The molecule has 4 heteroatoms. The molecule has 0 aliphatic rings. The summed E-state index contributed by atoms with van der Waals surface area (Å²) in [6.07, 6.45) is 0. The van der Waals surface area contributed by atoms with Crippen LogP contribution in [0.5, 0.6) is 0 Å². The van der Waals surface area contributed by atoms with Crippen molar-refractivity contribution in [2.75, 3.05) is 0 Å². The summed E-state index contributed by atoms with van der Waals surface area (Å²) in [6.45, 7) is 0. The van der Waals surface area contributed by atoms with Crippen molar-refractivity contribution in [3.63, 3.8) is 0 Å². The van der Waals surface area contributed by atoms with Gasteiger partial charge in [-0.1, -0.05) is 0 Å². The summed E-state index contributed by atoms with van der Waals surface area (Å²) >= 11 is 9.40. The van der Waals surface area contributed by atoms with Crippen molar-refractivity contribution in [1.82, 2.24) is 0 Å². The Balaban J connectivity index is 2.97. The summed E-state index contributed by atoms with van der Waals surface area (Å²) < 4.78 is -1.14. The van der Waals surface area contributed by atoms with Crippen LogP contribution < -0.4 is 5.30 Å².